The largest absolute Gasteiger partial charge is 0.477 e. The Hall–Kier alpha value is -1.77. The van der Waals surface area contributed by atoms with Gasteiger partial charge >= 0.3 is 5.97 Å². The SMILES string of the molecule is O=C(O)c1cc2cc[c]cc2[nH]1. The minimum absolute atomic E-state index is 0.213. The summed E-state index contributed by atoms with van der Waals surface area (Å²) < 4.78 is 0. The van der Waals surface area contributed by atoms with Crippen molar-refractivity contribution in [3.05, 3.63) is 36.0 Å². The van der Waals surface area contributed by atoms with E-state index in [1.54, 1.807) is 18.2 Å². The zero-order chi connectivity index (χ0) is 8.55. The third-order valence-corrected chi connectivity index (χ3v) is 1.70. The number of rotatable bonds is 1. The Morgan fingerprint density at radius 1 is 1.58 bits per heavy atom. The van der Waals surface area contributed by atoms with Gasteiger partial charge in [-0.3, -0.25) is 0 Å². The van der Waals surface area contributed by atoms with Gasteiger partial charge in [0.05, 0.1) is 0 Å². The van der Waals surface area contributed by atoms with Gasteiger partial charge in [0.15, 0.2) is 0 Å². The van der Waals surface area contributed by atoms with Crippen molar-refractivity contribution < 1.29 is 9.90 Å². The van der Waals surface area contributed by atoms with E-state index in [1.165, 1.54) is 0 Å². The molecule has 2 aromatic rings. The van der Waals surface area contributed by atoms with Crippen LogP contribution in [0.25, 0.3) is 10.9 Å². The van der Waals surface area contributed by atoms with Gasteiger partial charge in [0.2, 0.25) is 0 Å². The minimum Gasteiger partial charge on any atom is -0.477 e. The first-order chi connectivity index (χ1) is 5.77. The van der Waals surface area contributed by atoms with Gasteiger partial charge in [-0.2, -0.15) is 0 Å². The van der Waals surface area contributed by atoms with Crippen LogP contribution < -0.4 is 0 Å². The molecule has 3 heteroatoms. The fourth-order valence-corrected chi connectivity index (χ4v) is 1.13. The highest BCUT2D eigenvalue weighted by atomic mass is 16.4. The van der Waals surface area contributed by atoms with Crippen LogP contribution in [0.2, 0.25) is 0 Å². The molecule has 12 heavy (non-hydrogen) atoms. The van der Waals surface area contributed by atoms with E-state index < -0.39 is 5.97 Å². The van der Waals surface area contributed by atoms with E-state index in [4.69, 9.17) is 5.11 Å². The van der Waals surface area contributed by atoms with Crippen LogP contribution in [0.3, 0.4) is 0 Å². The molecular formula is C9H6NO2. The number of nitrogens with one attached hydrogen (secondary N) is 1. The third kappa shape index (κ3) is 0.955. The van der Waals surface area contributed by atoms with Gasteiger partial charge in [-0.05, 0) is 18.2 Å². The Balaban J connectivity index is 2.70. The number of hydrogen-bond acceptors (Lipinski definition) is 1. The Kier molecular flexibility index (Phi) is 1.37. The molecule has 2 N–H and O–H groups in total. The molecule has 0 spiro atoms. The second-order valence-corrected chi connectivity index (χ2v) is 2.50. The summed E-state index contributed by atoms with van der Waals surface area (Å²) in [7, 11) is 0. The van der Waals surface area contributed by atoms with Crippen LogP contribution in [-0.2, 0) is 0 Å². The minimum atomic E-state index is -0.939. The fourth-order valence-electron chi connectivity index (χ4n) is 1.13. The predicted octanol–water partition coefficient (Wildman–Crippen LogP) is 1.67. The predicted molar refractivity (Wildman–Crippen MR) is 44.1 cm³/mol. The molecule has 0 aliphatic heterocycles. The molecule has 0 bridgehead atoms. The summed E-state index contributed by atoms with van der Waals surface area (Å²) in [5.74, 6) is -0.939. The van der Waals surface area contributed by atoms with Crippen LogP contribution in [0.1, 0.15) is 10.5 Å². The van der Waals surface area contributed by atoms with E-state index in [2.05, 4.69) is 11.1 Å². The van der Waals surface area contributed by atoms with Crippen LogP contribution >= 0.6 is 0 Å². The van der Waals surface area contributed by atoms with E-state index in [-0.39, 0.29) is 5.69 Å². The summed E-state index contributed by atoms with van der Waals surface area (Å²) in [6, 6.07) is 9.76. The number of carboxylic acid groups (broad SMARTS) is 1. The van der Waals surface area contributed by atoms with E-state index >= 15 is 0 Å². The van der Waals surface area contributed by atoms with Crippen LogP contribution in [-0.4, -0.2) is 16.1 Å². The van der Waals surface area contributed by atoms with Gasteiger partial charge < -0.3 is 10.1 Å². The van der Waals surface area contributed by atoms with Crippen LogP contribution in [0.4, 0.5) is 0 Å². The number of hydrogen-bond donors (Lipinski definition) is 2. The number of carboxylic acids is 1. The molecule has 0 atom stereocenters. The molecule has 1 heterocycles. The van der Waals surface area contributed by atoms with Crippen LogP contribution in [0.15, 0.2) is 24.3 Å². The van der Waals surface area contributed by atoms with Gasteiger partial charge in [0, 0.05) is 10.9 Å². The number of carbonyl (C=O) groups is 1. The molecule has 0 saturated carbocycles. The Bertz CT molecular complexity index is 398. The number of H-pyrrole nitrogens is 1. The number of aromatic amines is 1. The summed E-state index contributed by atoms with van der Waals surface area (Å²) in [5.41, 5.74) is 1.01. The quantitative estimate of drug-likeness (QED) is 0.666. The van der Waals surface area contributed by atoms with E-state index in [1.807, 2.05) is 6.07 Å². The van der Waals surface area contributed by atoms with Crippen molar-refractivity contribution in [2.24, 2.45) is 0 Å². The number of fused-ring (bicyclic) bond motifs is 1. The monoisotopic (exact) mass is 160 g/mol. The Morgan fingerprint density at radius 3 is 3.08 bits per heavy atom. The molecule has 59 valence electrons. The molecule has 0 fully saturated rings. The average molecular weight is 160 g/mol. The summed E-state index contributed by atoms with van der Waals surface area (Å²) in [6.45, 7) is 0. The van der Waals surface area contributed by atoms with E-state index in [0.717, 1.165) is 10.9 Å². The molecule has 0 unspecified atom stereocenters. The second kappa shape index (κ2) is 2.37. The van der Waals surface area contributed by atoms with Crippen molar-refractivity contribution in [3.8, 4) is 0 Å². The lowest BCUT2D eigenvalue weighted by Crippen LogP contribution is -1.94. The maximum Gasteiger partial charge on any atom is 0.352 e. The van der Waals surface area contributed by atoms with Crippen molar-refractivity contribution in [1.29, 1.82) is 0 Å². The molecule has 2 rings (SSSR count). The topological polar surface area (TPSA) is 53.1 Å². The molecule has 1 aromatic heterocycles. The molecule has 0 saturated heterocycles. The Labute approximate surface area is 68.6 Å². The van der Waals surface area contributed by atoms with Gasteiger partial charge in [-0.1, -0.05) is 12.1 Å². The highest BCUT2D eigenvalue weighted by molar-refractivity contribution is 5.93. The lowest BCUT2D eigenvalue weighted by Gasteiger charge is -1.84. The maximum atomic E-state index is 10.5. The van der Waals surface area contributed by atoms with E-state index in [0.29, 0.717) is 0 Å². The van der Waals surface area contributed by atoms with Crippen molar-refractivity contribution in [3.63, 3.8) is 0 Å². The number of aromatic nitrogens is 1. The van der Waals surface area contributed by atoms with Crippen LogP contribution in [0.5, 0.6) is 0 Å². The summed E-state index contributed by atoms with van der Waals surface area (Å²) in [4.78, 5) is 13.3. The molecular weight excluding hydrogens is 154 g/mol. The lowest BCUT2D eigenvalue weighted by atomic mass is 10.2. The highest BCUT2D eigenvalue weighted by Gasteiger charge is 2.05. The average Bonchev–Trinajstić information content (AvgIpc) is 2.46. The number of benzene rings is 1. The fraction of sp³-hybridized carbons (Fsp3) is 0. The van der Waals surface area contributed by atoms with Crippen molar-refractivity contribution in [2.45, 2.75) is 0 Å². The van der Waals surface area contributed by atoms with Crippen molar-refractivity contribution in [2.75, 3.05) is 0 Å². The highest BCUT2D eigenvalue weighted by Crippen LogP contribution is 2.13. The van der Waals surface area contributed by atoms with E-state index in [9.17, 15) is 4.79 Å². The maximum absolute atomic E-state index is 10.5. The first-order valence-electron chi connectivity index (χ1n) is 3.49. The van der Waals surface area contributed by atoms with Crippen LogP contribution in [0, 0.1) is 6.07 Å². The zero-order valence-electron chi connectivity index (χ0n) is 6.16. The van der Waals surface area contributed by atoms with Gasteiger partial charge in [0.1, 0.15) is 5.69 Å². The number of aromatic carboxylic acids is 1. The molecule has 1 radical (unpaired) electrons. The smallest absolute Gasteiger partial charge is 0.352 e. The van der Waals surface area contributed by atoms with Gasteiger partial charge in [0.25, 0.3) is 0 Å². The molecule has 0 amide bonds. The van der Waals surface area contributed by atoms with Gasteiger partial charge in [-0.25, -0.2) is 4.79 Å². The lowest BCUT2D eigenvalue weighted by molar-refractivity contribution is 0.0691. The summed E-state index contributed by atoms with van der Waals surface area (Å²) >= 11 is 0. The standard InChI is InChI=1S/C9H6NO2/c11-9(12)8-5-6-3-1-2-4-7(6)10-8/h1,3-5,10H,(H,11,12). The normalized spacial score (nSPS) is 10.3. The first-order valence-corrected chi connectivity index (χ1v) is 3.49. The van der Waals surface area contributed by atoms with Crippen molar-refractivity contribution in [1.82, 2.24) is 4.98 Å². The summed E-state index contributed by atoms with van der Waals surface area (Å²) in [6.07, 6.45) is 0. The van der Waals surface area contributed by atoms with Crippen molar-refractivity contribution >= 4 is 16.9 Å². The zero-order valence-corrected chi connectivity index (χ0v) is 6.16. The molecule has 1 aromatic carbocycles. The first kappa shape index (κ1) is 6.91. The summed E-state index contributed by atoms with van der Waals surface area (Å²) in [5, 5.41) is 9.54. The van der Waals surface area contributed by atoms with Gasteiger partial charge in [-0.15, -0.1) is 0 Å². The molecule has 0 aliphatic rings. The third-order valence-electron chi connectivity index (χ3n) is 1.70. The Morgan fingerprint density at radius 2 is 2.42 bits per heavy atom. The molecule has 0 aliphatic carbocycles. The molecule has 3 nitrogen and oxygen atoms in total. The second-order valence-electron chi connectivity index (χ2n) is 2.50.